The predicted molar refractivity (Wildman–Crippen MR) is 135 cm³/mol. The molecule has 0 saturated carbocycles. The number of H-pyrrole nitrogens is 1. The van der Waals surface area contributed by atoms with E-state index in [-0.39, 0.29) is 23.6 Å². The number of halogens is 3. The molecule has 2 aliphatic heterocycles. The number of hydrogen-bond acceptors (Lipinski definition) is 7. The highest BCUT2D eigenvalue weighted by Crippen LogP contribution is 2.40. The molecule has 0 unspecified atom stereocenters. The molecule has 2 saturated heterocycles. The highest BCUT2D eigenvalue weighted by molar-refractivity contribution is 5.94. The highest BCUT2D eigenvalue weighted by Gasteiger charge is 2.42. The van der Waals surface area contributed by atoms with Crippen LogP contribution in [0.4, 0.5) is 13.2 Å². The SMILES string of the molecule is C[C@H](c1nc(C(F)(F)F)cc2c(-c3cccc(C4(Cc5nncn5C)COC4)c3)n[nH]c12)N1CCNC(=O)C1. The van der Waals surface area contributed by atoms with Gasteiger partial charge in [0.25, 0.3) is 0 Å². The lowest BCUT2D eigenvalue weighted by molar-refractivity contribution is -0.141. The first-order valence-electron chi connectivity index (χ1n) is 12.6. The molecule has 4 aromatic rings. The maximum atomic E-state index is 14.0. The van der Waals surface area contributed by atoms with Crippen molar-refractivity contribution in [1.82, 2.24) is 40.2 Å². The monoisotopic (exact) mass is 540 g/mol. The number of ether oxygens (including phenoxy) is 1. The predicted octanol–water partition coefficient (Wildman–Crippen LogP) is 2.78. The zero-order chi connectivity index (χ0) is 27.4. The van der Waals surface area contributed by atoms with Gasteiger partial charge in [-0.05, 0) is 24.6 Å². The first-order valence-corrected chi connectivity index (χ1v) is 12.6. The fourth-order valence-electron chi connectivity index (χ4n) is 5.36. The zero-order valence-electron chi connectivity index (χ0n) is 21.4. The molecule has 0 aliphatic carbocycles. The average Bonchev–Trinajstić information content (AvgIpc) is 3.50. The molecule has 6 rings (SSSR count). The second-order valence-corrected chi connectivity index (χ2v) is 10.3. The van der Waals surface area contributed by atoms with Crippen molar-refractivity contribution in [2.24, 2.45) is 7.05 Å². The molecule has 204 valence electrons. The van der Waals surface area contributed by atoms with Crippen LogP contribution in [0.3, 0.4) is 0 Å². The van der Waals surface area contributed by atoms with Crippen molar-refractivity contribution in [3.05, 3.63) is 59.4 Å². The number of aryl methyl sites for hydroxylation is 1. The van der Waals surface area contributed by atoms with Crippen molar-refractivity contribution >= 4 is 16.8 Å². The Morgan fingerprint density at radius 2 is 2.05 bits per heavy atom. The molecule has 0 radical (unpaired) electrons. The van der Waals surface area contributed by atoms with E-state index >= 15 is 0 Å². The topological polar surface area (TPSA) is 114 Å². The number of carbonyl (C=O) groups is 1. The molecule has 1 aromatic carbocycles. The molecule has 10 nitrogen and oxygen atoms in total. The summed E-state index contributed by atoms with van der Waals surface area (Å²) >= 11 is 0. The quantitative estimate of drug-likeness (QED) is 0.387. The Kier molecular flexibility index (Phi) is 6.14. The lowest BCUT2D eigenvalue weighted by atomic mass is 9.75. The minimum atomic E-state index is -4.65. The van der Waals surface area contributed by atoms with Gasteiger partial charge in [0.2, 0.25) is 5.91 Å². The Morgan fingerprint density at radius 3 is 2.72 bits per heavy atom. The summed E-state index contributed by atoms with van der Waals surface area (Å²) in [6.07, 6.45) is -2.39. The molecule has 39 heavy (non-hydrogen) atoms. The first-order chi connectivity index (χ1) is 18.6. The summed E-state index contributed by atoms with van der Waals surface area (Å²) in [4.78, 5) is 17.8. The fourth-order valence-corrected chi connectivity index (χ4v) is 5.36. The van der Waals surface area contributed by atoms with Crippen molar-refractivity contribution in [3.8, 4) is 11.3 Å². The number of nitrogens with zero attached hydrogens (tertiary/aromatic N) is 6. The molecule has 5 heterocycles. The van der Waals surface area contributed by atoms with Crippen molar-refractivity contribution < 1.29 is 22.7 Å². The summed E-state index contributed by atoms with van der Waals surface area (Å²) in [6, 6.07) is 8.17. The van der Waals surface area contributed by atoms with E-state index in [2.05, 4.69) is 30.7 Å². The van der Waals surface area contributed by atoms with Crippen molar-refractivity contribution in [2.45, 2.75) is 31.0 Å². The van der Waals surface area contributed by atoms with E-state index in [1.54, 1.807) is 13.3 Å². The lowest BCUT2D eigenvalue weighted by Crippen LogP contribution is -2.49. The number of rotatable bonds is 6. The number of aromatic nitrogens is 6. The summed E-state index contributed by atoms with van der Waals surface area (Å²) in [5, 5.41) is 18.7. The zero-order valence-corrected chi connectivity index (χ0v) is 21.4. The van der Waals surface area contributed by atoms with Crippen LogP contribution in [0, 0.1) is 0 Å². The molecule has 2 N–H and O–H groups in total. The van der Waals surface area contributed by atoms with Crippen LogP contribution in [0.1, 0.15) is 35.7 Å². The van der Waals surface area contributed by atoms with Crippen molar-refractivity contribution in [1.29, 1.82) is 0 Å². The van der Waals surface area contributed by atoms with Gasteiger partial charge in [0.1, 0.15) is 23.5 Å². The van der Waals surface area contributed by atoms with E-state index in [1.807, 2.05) is 40.8 Å². The lowest BCUT2D eigenvalue weighted by Gasteiger charge is -2.41. The van der Waals surface area contributed by atoms with Gasteiger partial charge in [0.15, 0.2) is 0 Å². The van der Waals surface area contributed by atoms with E-state index in [0.717, 1.165) is 17.5 Å². The van der Waals surface area contributed by atoms with E-state index in [1.165, 1.54) is 0 Å². The van der Waals surface area contributed by atoms with Crippen LogP contribution < -0.4 is 5.32 Å². The maximum absolute atomic E-state index is 14.0. The van der Waals surface area contributed by atoms with Gasteiger partial charge in [0.05, 0.1) is 37.0 Å². The summed E-state index contributed by atoms with van der Waals surface area (Å²) in [5.74, 6) is 0.647. The van der Waals surface area contributed by atoms with Crippen molar-refractivity contribution in [3.63, 3.8) is 0 Å². The first kappa shape index (κ1) is 25.4. The van der Waals surface area contributed by atoms with E-state index in [9.17, 15) is 18.0 Å². The van der Waals surface area contributed by atoms with Gasteiger partial charge >= 0.3 is 6.18 Å². The van der Waals surface area contributed by atoms with Crippen LogP contribution in [0.5, 0.6) is 0 Å². The number of piperazine rings is 1. The third kappa shape index (κ3) is 4.55. The van der Waals surface area contributed by atoms with Crippen LogP contribution in [0.15, 0.2) is 36.7 Å². The number of carbonyl (C=O) groups excluding carboxylic acids is 1. The van der Waals surface area contributed by atoms with E-state index in [0.29, 0.717) is 54.9 Å². The Balaban J connectivity index is 1.43. The standard InChI is InChI=1S/C26H27F3N8O2/c1-15(37-7-6-30-21(38)11-37)22-24-18(9-19(32-22)26(27,28)29)23(34-35-24)16-4-3-5-17(8-16)25(12-39-13-25)10-20-33-31-14-36(20)2/h3-5,8-9,14-15H,6-7,10-13H2,1-2H3,(H,30,38)(H,34,35)/t15-/m1/s1. The van der Waals surface area contributed by atoms with Crippen LogP contribution in [-0.4, -0.2) is 73.6 Å². The number of amides is 1. The third-order valence-corrected chi connectivity index (χ3v) is 7.69. The molecule has 2 fully saturated rings. The number of hydrogen-bond donors (Lipinski definition) is 2. The number of aromatic amines is 1. The van der Waals surface area contributed by atoms with Gasteiger partial charge in [-0.3, -0.25) is 14.8 Å². The molecule has 1 amide bonds. The molecule has 0 bridgehead atoms. The molecule has 3 aromatic heterocycles. The number of pyridine rings is 1. The van der Waals surface area contributed by atoms with Gasteiger partial charge in [-0.1, -0.05) is 18.2 Å². The van der Waals surface area contributed by atoms with Crippen LogP contribution in [-0.2, 0) is 34.6 Å². The van der Waals surface area contributed by atoms with Gasteiger partial charge in [-0.2, -0.15) is 18.3 Å². The van der Waals surface area contributed by atoms with Crippen LogP contribution >= 0.6 is 0 Å². The Labute approximate surface area is 221 Å². The molecule has 1 atom stereocenters. The number of fused-ring (bicyclic) bond motifs is 1. The summed E-state index contributed by atoms with van der Waals surface area (Å²) in [6.45, 7) is 3.76. The smallest absolute Gasteiger partial charge is 0.379 e. The highest BCUT2D eigenvalue weighted by atomic mass is 19.4. The van der Waals surface area contributed by atoms with Gasteiger partial charge in [-0.15, -0.1) is 10.2 Å². The number of nitrogens with one attached hydrogen (secondary N) is 2. The van der Waals surface area contributed by atoms with E-state index in [4.69, 9.17) is 4.74 Å². The van der Waals surface area contributed by atoms with Crippen molar-refractivity contribution in [2.75, 3.05) is 32.8 Å². The largest absolute Gasteiger partial charge is 0.433 e. The third-order valence-electron chi connectivity index (χ3n) is 7.69. The van der Waals surface area contributed by atoms with Gasteiger partial charge in [0, 0.05) is 42.9 Å². The summed E-state index contributed by atoms with van der Waals surface area (Å²) < 4.78 is 49.4. The number of alkyl halides is 3. The molecule has 13 heteroatoms. The van der Waals surface area contributed by atoms with Gasteiger partial charge in [-0.25, -0.2) is 4.98 Å². The molecular formula is C26H27F3N8O2. The minimum Gasteiger partial charge on any atom is -0.379 e. The molecule has 0 spiro atoms. The Morgan fingerprint density at radius 1 is 1.23 bits per heavy atom. The second kappa shape index (κ2) is 9.42. The van der Waals surface area contributed by atoms with Crippen LogP contribution in [0.25, 0.3) is 22.2 Å². The van der Waals surface area contributed by atoms with Gasteiger partial charge < -0.3 is 14.6 Å². The normalized spacial score (nSPS) is 18.6. The molecular weight excluding hydrogens is 513 g/mol. The maximum Gasteiger partial charge on any atom is 0.433 e. The van der Waals surface area contributed by atoms with Crippen LogP contribution in [0.2, 0.25) is 0 Å². The summed E-state index contributed by atoms with van der Waals surface area (Å²) in [5.41, 5.74) is 1.37. The summed E-state index contributed by atoms with van der Waals surface area (Å²) in [7, 11) is 1.88. The second-order valence-electron chi connectivity index (χ2n) is 10.3. The molecule has 2 aliphatic rings. The average molecular weight is 541 g/mol. The van der Waals surface area contributed by atoms with E-state index < -0.39 is 17.9 Å². The number of benzene rings is 1. The Hall–Kier alpha value is -3.84. The Bertz CT molecular complexity index is 1540. The fraction of sp³-hybridized carbons (Fsp3) is 0.423. The minimum absolute atomic E-state index is 0.0826.